The number of rotatable bonds is 3. The highest BCUT2D eigenvalue weighted by Crippen LogP contribution is 2.73. The molecule has 3 fully saturated rings. The van der Waals surface area contributed by atoms with Crippen LogP contribution in [0.2, 0.25) is 0 Å². The van der Waals surface area contributed by atoms with Gasteiger partial charge in [0.1, 0.15) is 6.10 Å². The van der Waals surface area contributed by atoms with Gasteiger partial charge in [-0.15, -0.1) is 23.5 Å². The zero-order chi connectivity index (χ0) is 22.1. The van der Waals surface area contributed by atoms with Crippen LogP contribution in [-0.4, -0.2) is 51.3 Å². The van der Waals surface area contributed by atoms with Crippen LogP contribution in [0.25, 0.3) is 0 Å². The lowest BCUT2D eigenvalue weighted by atomic mass is 9.46. The summed E-state index contributed by atoms with van der Waals surface area (Å²) < 4.78 is 22.8. The topological polar surface area (TPSA) is 63.6 Å². The van der Waals surface area contributed by atoms with Crippen molar-refractivity contribution in [3.8, 4) is 0 Å². The summed E-state index contributed by atoms with van der Waals surface area (Å²) in [6, 6.07) is 0. The average Bonchev–Trinajstić information content (AvgIpc) is 2.89. The lowest BCUT2D eigenvalue weighted by Crippen LogP contribution is -2.68. The molecule has 0 unspecified atom stereocenters. The fraction of sp³-hybridized carbons (Fsp3) is 0.739. The summed E-state index contributed by atoms with van der Waals surface area (Å²) in [5.41, 5.74) is -2.43. The molecule has 166 valence electrons. The lowest BCUT2D eigenvalue weighted by molar-refractivity contribution is -0.209. The van der Waals surface area contributed by atoms with Gasteiger partial charge in [0.2, 0.25) is 0 Å². The summed E-state index contributed by atoms with van der Waals surface area (Å²) in [5.74, 6) is -1.01. The molecular weight excluding hydrogens is 423 g/mol. The number of ether oxygens (including phenoxy) is 1. The quantitative estimate of drug-likeness (QED) is 0.506. The van der Waals surface area contributed by atoms with Crippen LogP contribution in [0.15, 0.2) is 23.8 Å². The van der Waals surface area contributed by atoms with Crippen LogP contribution in [-0.2, 0) is 14.3 Å². The summed E-state index contributed by atoms with van der Waals surface area (Å²) in [6.45, 7) is 5.31. The molecule has 0 saturated heterocycles. The van der Waals surface area contributed by atoms with Crippen molar-refractivity contribution in [1.82, 2.24) is 0 Å². The molecule has 0 amide bonds. The number of aliphatic hydroxyl groups is 1. The number of fused-ring (bicyclic) bond motifs is 5. The van der Waals surface area contributed by atoms with Gasteiger partial charge >= 0.3 is 5.97 Å². The Morgan fingerprint density at radius 3 is 2.53 bits per heavy atom. The number of carbonyl (C=O) groups excluding carboxylic acids is 2. The number of thioether (sulfide) groups is 2. The van der Waals surface area contributed by atoms with Crippen LogP contribution < -0.4 is 0 Å². The zero-order valence-electron chi connectivity index (χ0n) is 18.2. The Morgan fingerprint density at radius 2 is 1.93 bits per heavy atom. The Balaban J connectivity index is 1.89. The highest BCUT2D eigenvalue weighted by Gasteiger charge is 2.75. The van der Waals surface area contributed by atoms with Gasteiger partial charge in [-0.3, -0.25) is 9.59 Å². The van der Waals surface area contributed by atoms with E-state index in [1.807, 2.05) is 19.4 Å². The van der Waals surface area contributed by atoms with E-state index in [2.05, 4.69) is 6.92 Å². The molecule has 7 heteroatoms. The van der Waals surface area contributed by atoms with Crippen LogP contribution >= 0.6 is 23.5 Å². The third-order valence-corrected chi connectivity index (χ3v) is 12.3. The third kappa shape index (κ3) is 2.57. The van der Waals surface area contributed by atoms with Gasteiger partial charge in [-0.2, -0.15) is 0 Å². The van der Waals surface area contributed by atoms with E-state index in [9.17, 15) is 14.7 Å². The van der Waals surface area contributed by atoms with E-state index >= 15 is 4.39 Å². The molecule has 1 N–H and O–H groups in total. The van der Waals surface area contributed by atoms with Gasteiger partial charge in [0.05, 0.1) is 10.2 Å². The molecule has 0 aliphatic heterocycles. The van der Waals surface area contributed by atoms with Gasteiger partial charge in [-0.05, 0) is 63.2 Å². The highest BCUT2D eigenvalue weighted by molar-refractivity contribution is 8.17. The van der Waals surface area contributed by atoms with E-state index in [4.69, 9.17) is 4.74 Å². The van der Waals surface area contributed by atoms with Gasteiger partial charge in [0.15, 0.2) is 11.5 Å². The smallest absolute Gasteiger partial charge is 0.303 e. The maximum absolute atomic E-state index is 17.5. The van der Waals surface area contributed by atoms with E-state index in [1.54, 1.807) is 35.7 Å². The Morgan fingerprint density at radius 1 is 1.27 bits per heavy atom. The first-order valence-electron chi connectivity index (χ1n) is 10.6. The van der Waals surface area contributed by atoms with Gasteiger partial charge in [0.25, 0.3) is 0 Å². The number of alkyl halides is 1. The number of halogens is 1. The molecule has 30 heavy (non-hydrogen) atoms. The van der Waals surface area contributed by atoms with E-state index in [0.717, 1.165) is 5.57 Å². The SMILES string of the molecule is CSC1(SC)[C@H](O)C[C@H]2[C@@H]3CCC4=CC(=O)C=C[C@]4(C)[C@@]3(F)[C@H](OC(C)=O)C[C@@]21C. The largest absolute Gasteiger partial charge is 0.459 e. The molecule has 0 radical (unpaired) electrons. The number of esters is 1. The summed E-state index contributed by atoms with van der Waals surface area (Å²) in [6.07, 6.45) is 9.34. The van der Waals surface area contributed by atoms with E-state index in [-0.39, 0.29) is 17.6 Å². The van der Waals surface area contributed by atoms with Crippen molar-refractivity contribution in [2.24, 2.45) is 22.7 Å². The molecule has 7 atom stereocenters. The molecule has 0 aromatic carbocycles. The monoisotopic (exact) mass is 454 g/mol. The zero-order valence-corrected chi connectivity index (χ0v) is 19.9. The molecular formula is C23H31FO4S2. The van der Waals surface area contributed by atoms with Crippen molar-refractivity contribution in [2.75, 3.05) is 12.5 Å². The first kappa shape index (κ1) is 22.4. The summed E-state index contributed by atoms with van der Waals surface area (Å²) in [7, 11) is 0. The first-order chi connectivity index (χ1) is 14.0. The minimum absolute atomic E-state index is 0.0337. The molecule has 0 spiro atoms. The standard InChI is InChI=1S/C23H31FO4S2/c1-13(25)28-19-12-21(3)17(11-18(27)23(21,29-4)30-5)16-7-6-14-10-15(26)8-9-20(14,2)22(16,19)24/h8-10,16-19,27H,6-7,11-12H2,1-5H3/t16-,17-,18+,19+,20-,21-,22-/m0/s1. The van der Waals surface area contributed by atoms with Crippen molar-refractivity contribution in [3.05, 3.63) is 23.8 Å². The van der Waals surface area contributed by atoms with Crippen molar-refractivity contribution in [3.63, 3.8) is 0 Å². The van der Waals surface area contributed by atoms with E-state index in [1.165, 1.54) is 13.0 Å². The number of allylic oxidation sites excluding steroid dienone is 4. The van der Waals surface area contributed by atoms with E-state index < -0.39 is 38.8 Å². The number of ketones is 1. The van der Waals surface area contributed by atoms with Crippen molar-refractivity contribution in [1.29, 1.82) is 0 Å². The second-order valence-corrected chi connectivity index (χ2v) is 12.0. The maximum Gasteiger partial charge on any atom is 0.303 e. The Hall–Kier alpha value is -0.790. The Labute approximate surface area is 186 Å². The number of hydrogen-bond acceptors (Lipinski definition) is 6. The first-order valence-corrected chi connectivity index (χ1v) is 13.0. The minimum Gasteiger partial charge on any atom is -0.459 e. The summed E-state index contributed by atoms with van der Waals surface area (Å²) in [5, 5.41) is 11.2. The number of aliphatic hydroxyl groups excluding tert-OH is 1. The van der Waals surface area contributed by atoms with Gasteiger partial charge in [-0.1, -0.05) is 18.6 Å². The second kappa shape index (κ2) is 7.11. The molecule has 4 aliphatic rings. The van der Waals surface area contributed by atoms with Crippen molar-refractivity contribution in [2.45, 2.75) is 68.4 Å². The Kier molecular flexibility index (Phi) is 5.31. The fourth-order valence-electron chi connectivity index (χ4n) is 7.28. The van der Waals surface area contributed by atoms with Crippen LogP contribution in [0.1, 0.15) is 46.5 Å². The van der Waals surface area contributed by atoms with E-state index in [0.29, 0.717) is 25.7 Å². The fourth-order valence-corrected chi connectivity index (χ4v) is 10.1. The molecule has 0 bridgehead atoms. The second-order valence-electron chi connectivity index (χ2n) is 9.67. The van der Waals surface area contributed by atoms with Crippen molar-refractivity contribution >= 4 is 35.3 Å². The molecule has 0 aromatic heterocycles. The van der Waals surface area contributed by atoms with Gasteiger partial charge < -0.3 is 9.84 Å². The maximum atomic E-state index is 17.5. The van der Waals surface area contributed by atoms with Crippen molar-refractivity contribution < 1.29 is 23.8 Å². The summed E-state index contributed by atoms with van der Waals surface area (Å²) in [4.78, 5) is 24.1. The van der Waals surface area contributed by atoms with Crippen LogP contribution in [0.4, 0.5) is 4.39 Å². The normalized spacial score (nSPS) is 46.5. The van der Waals surface area contributed by atoms with Crippen LogP contribution in [0, 0.1) is 22.7 Å². The number of carbonyl (C=O) groups is 2. The lowest BCUT2D eigenvalue weighted by Gasteiger charge is -2.63. The third-order valence-electron chi connectivity index (χ3n) is 8.63. The van der Waals surface area contributed by atoms with Gasteiger partial charge in [0, 0.05) is 23.7 Å². The average molecular weight is 455 g/mol. The van der Waals surface area contributed by atoms with Crippen LogP contribution in [0.3, 0.4) is 0 Å². The Bertz CT molecular complexity index is 837. The molecule has 0 aromatic rings. The highest BCUT2D eigenvalue weighted by atomic mass is 32.2. The molecule has 3 saturated carbocycles. The molecule has 4 rings (SSSR count). The van der Waals surface area contributed by atoms with Crippen LogP contribution in [0.5, 0.6) is 0 Å². The minimum atomic E-state index is -1.82. The predicted octanol–water partition coefficient (Wildman–Crippen LogP) is 4.32. The summed E-state index contributed by atoms with van der Waals surface area (Å²) >= 11 is 3.27. The predicted molar refractivity (Wildman–Crippen MR) is 119 cm³/mol. The molecule has 4 aliphatic carbocycles. The molecule has 4 nitrogen and oxygen atoms in total. The van der Waals surface area contributed by atoms with Gasteiger partial charge in [-0.25, -0.2) is 4.39 Å². The molecule has 0 heterocycles. The number of hydrogen-bond donors (Lipinski definition) is 1.